The van der Waals surface area contributed by atoms with Crippen molar-refractivity contribution in [3.05, 3.63) is 64.1 Å². The van der Waals surface area contributed by atoms with Gasteiger partial charge in [-0.3, -0.25) is 9.69 Å². The van der Waals surface area contributed by atoms with Crippen LogP contribution in [0, 0.1) is 5.41 Å². The number of hydrogen-bond acceptors (Lipinski definition) is 5. The fourth-order valence-corrected chi connectivity index (χ4v) is 6.24. The molecule has 2 aliphatic rings. The second kappa shape index (κ2) is 12.0. The summed E-state index contributed by atoms with van der Waals surface area (Å²) in [6.45, 7) is 5.01. The first-order chi connectivity index (χ1) is 14.9. The fourth-order valence-electron chi connectivity index (χ4n) is 3.87. The van der Waals surface area contributed by atoms with Crippen LogP contribution >= 0.6 is 33.2 Å². The molecule has 1 aliphatic carbocycles. The molecule has 1 amide bonds. The van der Waals surface area contributed by atoms with Gasteiger partial charge in [-0.15, -0.1) is 0 Å². The molecule has 0 radical (unpaired) electrons. The number of nitrogens with zero attached hydrogens (tertiary/aromatic N) is 1. The number of allylic oxidation sites excluding steroid dienone is 3. The van der Waals surface area contributed by atoms with Crippen LogP contribution in [0.5, 0.6) is 0 Å². The summed E-state index contributed by atoms with van der Waals surface area (Å²) in [6.07, 6.45) is 10.7. The third-order valence-electron chi connectivity index (χ3n) is 5.62. The maximum atomic E-state index is 12.5. The number of carbonyl (C=O) groups is 1. The molecule has 0 aromatic heterocycles. The quantitative estimate of drug-likeness (QED) is 0.366. The van der Waals surface area contributed by atoms with Gasteiger partial charge in [0.2, 0.25) is 5.91 Å². The molecule has 3 rings (SSSR count). The second-order valence-corrected chi connectivity index (χ2v) is 11.0. The van der Waals surface area contributed by atoms with Crippen LogP contribution in [0.4, 0.5) is 5.69 Å². The van der Waals surface area contributed by atoms with Crippen molar-refractivity contribution in [1.82, 2.24) is 4.90 Å². The molecule has 166 valence electrons. The molecular formula is C24H30ClN3OS2. The predicted molar refractivity (Wildman–Crippen MR) is 137 cm³/mol. The van der Waals surface area contributed by atoms with Crippen LogP contribution in [0.3, 0.4) is 0 Å². The summed E-state index contributed by atoms with van der Waals surface area (Å²) in [6, 6.07) is 7.64. The van der Waals surface area contributed by atoms with Gasteiger partial charge in [0.25, 0.3) is 0 Å². The SMILES string of the molecule is C=C1/C=C(/CN(C)C2CCCCC2)SSCC/C(=C/C(=O)Nc2ccc(Cl)cc2)C1=N. The van der Waals surface area contributed by atoms with E-state index in [1.165, 1.54) is 43.1 Å². The Hall–Kier alpha value is -1.47. The summed E-state index contributed by atoms with van der Waals surface area (Å²) in [4.78, 5) is 16.2. The molecule has 7 heteroatoms. The number of halogens is 1. The van der Waals surface area contributed by atoms with Crippen molar-refractivity contribution >= 4 is 50.5 Å². The zero-order chi connectivity index (χ0) is 22.2. The van der Waals surface area contributed by atoms with E-state index in [1.807, 2.05) is 6.08 Å². The molecule has 0 bridgehead atoms. The van der Waals surface area contributed by atoms with E-state index in [0.717, 1.165) is 12.3 Å². The molecule has 1 fully saturated rings. The summed E-state index contributed by atoms with van der Waals surface area (Å²) in [5.41, 5.74) is 2.39. The lowest BCUT2D eigenvalue weighted by molar-refractivity contribution is -0.111. The summed E-state index contributed by atoms with van der Waals surface area (Å²) >= 11 is 5.90. The topological polar surface area (TPSA) is 56.2 Å². The number of rotatable bonds is 5. The van der Waals surface area contributed by atoms with Gasteiger partial charge in [0.05, 0.1) is 5.71 Å². The van der Waals surface area contributed by atoms with Crippen LogP contribution in [0.15, 0.2) is 59.0 Å². The van der Waals surface area contributed by atoms with Crippen LogP contribution < -0.4 is 5.32 Å². The fraction of sp³-hybridized carbons (Fsp3) is 0.417. The summed E-state index contributed by atoms with van der Waals surface area (Å²) in [5.74, 6) is 0.596. The lowest BCUT2D eigenvalue weighted by Gasteiger charge is -2.31. The van der Waals surface area contributed by atoms with Crippen molar-refractivity contribution in [2.24, 2.45) is 0 Å². The monoisotopic (exact) mass is 475 g/mol. The zero-order valence-corrected chi connectivity index (χ0v) is 20.3. The molecular weight excluding hydrogens is 446 g/mol. The Balaban J connectivity index is 1.66. The number of anilines is 1. The van der Waals surface area contributed by atoms with Gasteiger partial charge in [-0.2, -0.15) is 0 Å². The number of likely N-dealkylation sites (N-methyl/N-ethyl adjacent to an activating group) is 1. The average Bonchev–Trinajstić information content (AvgIpc) is 2.82. The molecule has 1 aromatic carbocycles. The second-order valence-electron chi connectivity index (χ2n) is 8.04. The van der Waals surface area contributed by atoms with Crippen LogP contribution in [0.25, 0.3) is 0 Å². The number of carbonyl (C=O) groups excluding carboxylic acids is 1. The summed E-state index contributed by atoms with van der Waals surface area (Å²) in [5, 5.41) is 12.1. The van der Waals surface area contributed by atoms with Crippen molar-refractivity contribution < 1.29 is 4.79 Å². The number of nitrogens with one attached hydrogen (secondary N) is 2. The Kier molecular flexibility index (Phi) is 9.32. The van der Waals surface area contributed by atoms with Crippen molar-refractivity contribution in [3.63, 3.8) is 0 Å². The van der Waals surface area contributed by atoms with E-state index in [9.17, 15) is 4.79 Å². The summed E-state index contributed by atoms with van der Waals surface area (Å²) in [7, 11) is 5.75. The Morgan fingerprint density at radius 2 is 2.00 bits per heavy atom. The van der Waals surface area contributed by atoms with Crippen LogP contribution in [0.2, 0.25) is 5.02 Å². The Bertz CT molecular complexity index is 873. The molecule has 31 heavy (non-hydrogen) atoms. The van der Waals surface area contributed by atoms with Gasteiger partial charge in [-0.05, 0) is 67.8 Å². The highest BCUT2D eigenvalue weighted by molar-refractivity contribution is 8.78. The van der Waals surface area contributed by atoms with Crippen LogP contribution in [-0.2, 0) is 4.79 Å². The highest BCUT2D eigenvalue weighted by Gasteiger charge is 2.20. The highest BCUT2D eigenvalue weighted by Crippen LogP contribution is 2.35. The predicted octanol–water partition coefficient (Wildman–Crippen LogP) is 6.71. The molecule has 1 saturated carbocycles. The molecule has 4 nitrogen and oxygen atoms in total. The largest absolute Gasteiger partial charge is 0.323 e. The maximum Gasteiger partial charge on any atom is 0.248 e. The first-order valence-electron chi connectivity index (χ1n) is 10.7. The lowest BCUT2D eigenvalue weighted by Crippen LogP contribution is -2.34. The first kappa shape index (κ1) is 24.2. The Morgan fingerprint density at radius 3 is 2.71 bits per heavy atom. The number of benzene rings is 1. The van der Waals surface area contributed by atoms with E-state index in [2.05, 4.69) is 23.8 Å². The third-order valence-corrected chi connectivity index (χ3v) is 8.32. The minimum Gasteiger partial charge on any atom is -0.323 e. The minimum atomic E-state index is -0.243. The Morgan fingerprint density at radius 1 is 1.29 bits per heavy atom. The van der Waals surface area contributed by atoms with Crippen molar-refractivity contribution in [3.8, 4) is 0 Å². The van der Waals surface area contributed by atoms with E-state index in [0.29, 0.717) is 40.0 Å². The van der Waals surface area contributed by atoms with Crippen molar-refractivity contribution in [2.45, 2.75) is 44.6 Å². The van der Waals surface area contributed by atoms with Crippen molar-refractivity contribution in [1.29, 1.82) is 5.41 Å². The van der Waals surface area contributed by atoms with E-state index in [-0.39, 0.29) is 5.91 Å². The molecule has 2 N–H and O–H groups in total. The minimum absolute atomic E-state index is 0.243. The first-order valence-corrected chi connectivity index (χ1v) is 13.4. The molecule has 0 saturated heterocycles. The molecule has 0 atom stereocenters. The van der Waals surface area contributed by atoms with E-state index in [4.69, 9.17) is 17.0 Å². The van der Waals surface area contributed by atoms with Crippen LogP contribution in [0.1, 0.15) is 38.5 Å². The number of amides is 1. The van der Waals surface area contributed by atoms with E-state index in [1.54, 1.807) is 45.9 Å². The molecule has 0 unspecified atom stereocenters. The highest BCUT2D eigenvalue weighted by atomic mass is 35.5. The normalized spacial score (nSPS) is 21.9. The van der Waals surface area contributed by atoms with Crippen molar-refractivity contribution in [2.75, 3.05) is 24.7 Å². The average molecular weight is 476 g/mol. The van der Waals surface area contributed by atoms with Gasteiger partial charge in [0, 0.05) is 40.0 Å². The van der Waals surface area contributed by atoms with E-state index < -0.39 is 0 Å². The van der Waals surface area contributed by atoms with Gasteiger partial charge < -0.3 is 10.7 Å². The van der Waals surface area contributed by atoms with Crippen LogP contribution in [-0.4, -0.2) is 41.9 Å². The molecule has 0 spiro atoms. The molecule has 1 aliphatic heterocycles. The van der Waals surface area contributed by atoms with Gasteiger partial charge in [0.1, 0.15) is 0 Å². The van der Waals surface area contributed by atoms with Gasteiger partial charge in [0.15, 0.2) is 0 Å². The number of hydrogen-bond donors (Lipinski definition) is 2. The maximum absolute atomic E-state index is 12.5. The molecule has 1 heterocycles. The third kappa shape index (κ3) is 7.56. The zero-order valence-electron chi connectivity index (χ0n) is 18.0. The van der Waals surface area contributed by atoms with E-state index >= 15 is 0 Å². The standard InChI is InChI=1S/C24H30ClN3OS2/c1-17-14-22(16-28(2)21-6-4-3-5-7-21)31-30-13-12-18(24(17)26)15-23(29)27-20-10-8-19(25)9-11-20/h8-11,14-15,21,26H,1,3-7,12-13,16H2,2H3,(H,27,29)/b18-15-,22-14-,26-24?. The van der Waals surface area contributed by atoms with Gasteiger partial charge in [-0.1, -0.05) is 59.0 Å². The smallest absolute Gasteiger partial charge is 0.248 e. The Labute approximate surface area is 198 Å². The lowest BCUT2D eigenvalue weighted by atomic mass is 9.94. The summed E-state index contributed by atoms with van der Waals surface area (Å²) < 4.78 is 0. The molecule has 1 aromatic rings. The van der Waals surface area contributed by atoms with Gasteiger partial charge >= 0.3 is 0 Å². The van der Waals surface area contributed by atoms with Gasteiger partial charge in [-0.25, -0.2) is 0 Å².